The average Bonchev–Trinajstić information content (AvgIpc) is 3.41. The van der Waals surface area contributed by atoms with Gasteiger partial charge in [-0.05, 0) is 24.1 Å². The molecule has 1 N–H and O–H groups in total. The van der Waals surface area contributed by atoms with Crippen LogP contribution in [-0.2, 0) is 11.0 Å². The molecular weight excluding hydrogens is 461 g/mol. The van der Waals surface area contributed by atoms with E-state index in [1.807, 2.05) is 30.3 Å². The third kappa shape index (κ3) is 5.47. The number of carbonyl (C=O) groups is 2. The van der Waals surface area contributed by atoms with Gasteiger partial charge >= 0.3 is 6.18 Å². The molecule has 10 heteroatoms. The lowest BCUT2D eigenvalue weighted by Crippen LogP contribution is -2.52. The van der Waals surface area contributed by atoms with Gasteiger partial charge in [-0.25, -0.2) is 0 Å². The summed E-state index contributed by atoms with van der Waals surface area (Å²) < 4.78 is 45.7. The number of nitrogens with zero attached hydrogens (tertiary/aromatic N) is 3. The number of benzene rings is 2. The SMILES string of the molecule is CN(c1ccccc1C(F)(F)F)C1CCN(C(=O)CNC(=O)c2ccon2)CC1c1ccccc1. The maximum atomic E-state index is 13.7. The Labute approximate surface area is 200 Å². The molecule has 0 aliphatic carbocycles. The van der Waals surface area contributed by atoms with Crippen LogP contribution in [0, 0.1) is 0 Å². The molecule has 35 heavy (non-hydrogen) atoms. The Bertz CT molecular complexity index is 1150. The van der Waals surface area contributed by atoms with Gasteiger partial charge in [0.1, 0.15) is 6.26 Å². The van der Waals surface area contributed by atoms with E-state index in [2.05, 4.69) is 15.0 Å². The van der Waals surface area contributed by atoms with Crippen molar-refractivity contribution >= 4 is 17.5 Å². The van der Waals surface area contributed by atoms with Gasteiger partial charge in [-0.2, -0.15) is 13.2 Å². The fourth-order valence-electron chi connectivity index (χ4n) is 4.55. The Morgan fingerprint density at radius 1 is 1.11 bits per heavy atom. The van der Waals surface area contributed by atoms with Gasteiger partial charge in [0, 0.05) is 43.9 Å². The zero-order chi connectivity index (χ0) is 25.0. The Morgan fingerprint density at radius 2 is 1.83 bits per heavy atom. The third-order valence-electron chi connectivity index (χ3n) is 6.31. The number of alkyl halides is 3. The minimum Gasteiger partial charge on any atom is -0.370 e. The molecule has 2 heterocycles. The lowest BCUT2D eigenvalue weighted by Gasteiger charge is -2.44. The third-order valence-corrected chi connectivity index (χ3v) is 6.31. The lowest BCUT2D eigenvalue weighted by atomic mass is 9.84. The van der Waals surface area contributed by atoms with Crippen molar-refractivity contribution in [3.8, 4) is 0 Å². The summed E-state index contributed by atoms with van der Waals surface area (Å²) in [5.41, 5.74) is 0.413. The molecule has 2 unspecified atom stereocenters. The molecule has 3 aromatic rings. The molecule has 0 spiro atoms. The minimum atomic E-state index is -4.48. The number of likely N-dealkylation sites (N-methyl/N-ethyl adjacent to an activating group) is 1. The lowest BCUT2D eigenvalue weighted by molar-refractivity contribution is -0.137. The van der Waals surface area contributed by atoms with Crippen LogP contribution >= 0.6 is 0 Å². The number of aromatic nitrogens is 1. The van der Waals surface area contributed by atoms with Crippen LogP contribution in [0.4, 0.5) is 18.9 Å². The van der Waals surface area contributed by atoms with Crippen molar-refractivity contribution in [2.45, 2.75) is 24.6 Å². The number of amides is 2. The van der Waals surface area contributed by atoms with Crippen molar-refractivity contribution in [3.63, 3.8) is 0 Å². The van der Waals surface area contributed by atoms with Gasteiger partial charge in [-0.15, -0.1) is 0 Å². The molecule has 2 atom stereocenters. The van der Waals surface area contributed by atoms with E-state index in [1.165, 1.54) is 24.5 Å². The molecule has 1 fully saturated rings. The van der Waals surface area contributed by atoms with Crippen LogP contribution in [0.2, 0.25) is 0 Å². The van der Waals surface area contributed by atoms with Gasteiger partial charge in [0.2, 0.25) is 5.91 Å². The number of likely N-dealkylation sites (tertiary alicyclic amines) is 1. The summed E-state index contributed by atoms with van der Waals surface area (Å²) in [6, 6.07) is 16.1. The van der Waals surface area contributed by atoms with E-state index in [9.17, 15) is 22.8 Å². The maximum absolute atomic E-state index is 13.7. The van der Waals surface area contributed by atoms with E-state index >= 15 is 0 Å². The Balaban J connectivity index is 1.53. The van der Waals surface area contributed by atoms with Crippen molar-refractivity contribution in [2.24, 2.45) is 0 Å². The van der Waals surface area contributed by atoms with Gasteiger partial charge in [0.05, 0.1) is 12.1 Å². The van der Waals surface area contributed by atoms with Crippen molar-refractivity contribution in [3.05, 3.63) is 83.7 Å². The minimum absolute atomic E-state index is 0.0728. The van der Waals surface area contributed by atoms with E-state index in [0.717, 1.165) is 11.6 Å². The Hall–Kier alpha value is -3.82. The predicted molar refractivity (Wildman–Crippen MR) is 123 cm³/mol. The molecule has 1 aliphatic rings. The highest BCUT2D eigenvalue weighted by atomic mass is 19.4. The van der Waals surface area contributed by atoms with Crippen LogP contribution in [0.25, 0.3) is 0 Å². The quantitative estimate of drug-likeness (QED) is 0.571. The standard InChI is InChI=1S/C25H25F3N4O3/c1-31(22-10-6-5-9-19(22)25(26,27)28)21-11-13-32(16-18(21)17-7-3-2-4-8-17)23(33)15-29-24(34)20-12-14-35-30-20/h2-10,12,14,18,21H,11,13,15-16H2,1H3,(H,29,34). The van der Waals surface area contributed by atoms with E-state index in [1.54, 1.807) is 22.9 Å². The van der Waals surface area contributed by atoms with Crippen molar-refractivity contribution < 1.29 is 27.3 Å². The second kappa shape index (κ2) is 10.2. The van der Waals surface area contributed by atoms with Crippen LogP contribution in [0.5, 0.6) is 0 Å². The van der Waals surface area contributed by atoms with Gasteiger partial charge in [0.15, 0.2) is 5.69 Å². The van der Waals surface area contributed by atoms with Crippen LogP contribution in [0.1, 0.15) is 34.0 Å². The fraction of sp³-hybridized carbons (Fsp3) is 0.320. The summed E-state index contributed by atoms with van der Waals surface area (Å²) in [5, 5.41) is 6.08. The highest BCUT2D eigenvalue weighted by molar-refractivity contribution is 5.94. The topological polar surface area (TPSA) is 78.7 Å². The van der Waals surface area contributed by atoms with E-state index in [4.69, 9.17) is 0 Å². The number of hydrogen-bond acceptors (Lipinski definition) is 5. The number of para-hydroxylation sites is 1. The van der Waals surface area contributed by atoms with Gasteiger partial charge in [-0.3, -0.25) is 9.59 Å². The smallest absolute Gasteiger partial charge is 0.370 e. The summed E-state index contributed by atoms with van der Waals surface area (Å²) >= 11 is 0. The van der Waals surface area contributed by atoms with Crippen LogP contribution in [-0.4, -0.2) is 54.6 Å². The van der Waals surface area contributed by atoms with Crippen molar-refractivity contribution in [1.82, 2.24) is 15.4 Å². The van der Waals surface area contributed by atoms with Crippen molar-refractivity contribution in [2.75, 3.05) is 31.6 Å². The van der Waals surface area contributed by atoms with Gasteiger partial charge in [-0.1, -0.05) is 47.6 Å². The summed E-state index contributed by atoms with van der Waals surface area (Å²) in [7, 11) is 1.67. The second-order valence-corrected chi connectivity index (χ2v) is 8.41. The number of halogens is 3. The monoisotopic (exact) mass is 486 g/mol. The van der Waals surface area contributed by atoms with E-state index in [-0.39, 0.29) is 35.8 Å². The second-order valence-electron chi connectivity index (χ2n) is 8.41. The molecule has 184 valence electrons. The number of carbonyl (C=O) groups excluding carboxylic acids is 2. The molecule has 1 aliphatic heterocycles. The highest BCUT2D eigenvalue weighted by Crippen LogP contribution is 2.39. The zero-order valence-electron chi connectivity index (χ0n) is 19.0. The number of piperidine rings is 1. The summed E-state index contributed by atoms with van der Waals surface area (Å²) in [6.45, 7) is 0.446. The van der Waals surface area contributed by atoms with Crippen LogP contribution in [0.3, 0.4) is 0 Å². The molecule has 0 radical (unpaired) electrons. The first-order chi connectivity index (χ1) is 16.8. The molecular formula is C25H25F3N4O3. The van der Waals surface area contributed by atoms with Gasteiger partial charge in [0.25, 0.3) is 5.91 Å². The fourth-order valence-corrected chi connectivity index (χ4v) is 4.55. The maximum Gasteiger partial charge on any atom is 0.418 e. The first-order valence-electron chi connectivity index (χ1n) is 11.2. The molecule has 4 rings (SSSR count). The normalized spacial score (nSPS) is 18.2. The van der Waals surface area contributed by atoms with E-state index in [0.29, 0.717) is 19.5 Å². The summed E-state index contributed by atoms with van der Waals surface area (Å²) in [5.74, 6) is -1.03. The van der Waals surface area contributed by atoms with Crippen molar-refractivity contribution in [1.29, 1.82) is 0 Å². The average molecular weight is 486 g/mol. The summed E-state index contributed by atoms with van der Waals surface area (Å²) in [4.78, 5) is 28.3. The van der Waals surface area contributed by atoms with E-state index < -0.39 is 17.6 Å². The number of nitrogens with one attached hydrogen (secondary N) is 1. The van der Waals surface area contributed by atoms with Crippen LogP contribution in [0.15, 0.2) is 71.4 Å². The van der Waals surface area contributed by atoms with Gasteiger partial charge < -0.3 is 19.6 Å². The molecule has 0 bridgehead atoms. The molecule has 7 nitrogen and oxygen atoms in total. The molecule has 1 aromatic heterocycles. The first kappa shape index (κ1) is 24.3. The highest BCUT2D eigenvalue weighted by Gasteiger charge is 2.39. The number of anilines is 1. The molecule has 0 saturated carbocycles. The first-order valence-corrected chi connectivity index (χ1v) is 11.2. The Kier molecular flexibility index (Phi) is 7.09. The molecule has 2 amide bonds. The summed E-state index contributed by atoms with van der Waals surface area (Å²) in [6.07, 6.45) is -2.75. The Morgan fingerprint density at radius 3 is 2.51 bits per heavy atom. The molecule has 2 aromatic carbocycles. The largest absolute Gasteiger partial charge is 0.418 e. The van der Waals surface area contributed by atoms with Crippen LogP contribution < -0.4 is 10.2 Å². The predicted octanol–water partition coefficient (Wildman–Crippen LogP) is 3.94. The molecule has 1 saturated heterocycles. The zero-order valence-corrected chi connectivity index (χ0v) is 19.0. The number of rotatable bonds is 6. The number of hydrogen-bond donors (Lipinski definition) is 1.